The summed E-state index contributed by atoms with van der Waals surface area (Å²) in [6.07, 6.45) is 8.18. The first-order valence-electron chi connectivity index (χ1n) is 6.93. The second kappa shape index (κ2) is 4.50. The molecule has 2 bridgehead atoms. The molecule has 6 nitrogen and oxygen atoms in total. The Hall–Kier alpha value is -1.50. The van der Waals surface area contributed by atoms with E-state index in [1.165, 1.54) is 6.33 Å². The molecule has 0 saturated heterocycles. The van der Waals surface area contributed by atoms with Crippen molar-refractivity contribution in [2.24, 2.45) is 17.3 Å². The fraction of sp³-hybridized carbons (Fsp3) is 0.500. The van der Waals surface area contributed by atoms with Crippen LogP contribution in [0.2, 0.25) is 5.15 Å². The van der Waals surface area contributed by atoms with Gasteiger partial charge in [-0.25, -0.2) is 15.0 Å². The van der Waals surface area contributed by atoms with Crippen LogP contribution in [0, 0.1) is 17.3 Å². The average molecular weight is 307 g/mol. The molecule has 4 rings (SSSR count). The van der Waals surface area contributed by atoms with Gasteiger partial charge in [0.05, 0.1) is 19.5 Å². The zero-order chi connectivity index (χ0) is 14.6. The minimum atomic E-state index is -0.461. The normalized spacial score (nSPS) is 29.6. The van der Waals surface area contributed by atoms with E-state index in [2.05, 4.69) is 27.1 Å². The quantitative estimate of drug-likeness (QED) is 0.657. The molecule has 2 aliphatic rings. The lowest BCUT2D eigenvalue weighted by Crippen LogP contribution is -2.35. The Morgan fingerprint density at radius 1 is 1.24 bits per heavy atom. The van der Waals surface area contributed by atoms with Crippen molar-refractivity contribution in [3.05, 3.63) is 30.0 Å². The molecule has 0 unspecified atom stereocenters. The fourth-order valence-corrected chi connectivity index (χ4v) is 4.10. The van der Waals surface area contributed by atoms with E-state index in [0.717, 1.165) is 6.42 Å². The largest absolute Gasteiger partial charge is 0.396 e. The Bertz CT molecular complexity index is 725. The van der Waals surface area contributed by atoms with Crippen molar-refractivity contribution in [2.75, 3.05) is 13.2 Å². The van der Waals surface area contributed by atoms with Crippen LogP contribution in [0.4, 0.5) is 0 Å². The first-order valence-corrected chi connectivity index (χ1v) is 7.31. The highest BCUT2D eigenvalue weighted by Gasteiger charge is 2.55. The highest BCUT2D eigenvalue weighted by atomic mass is 35.5. The number of aromatic nitrogens is 4. The van der Waals surface area contributed by atoms with Crippen LogP contribution in [-0.4, -0.2) is 42.9 Å². The van der Waals surface area contributed by atoms with Crippen LogP contribution in [-0.2, 0) is 0 Å². The number of imidazole rings is 1. The van der Waals surface area contributed by atoms with Gasteiger partial charge in [-0.05, 0) is 12.3 Å². The SMILES string of the molecule is OCC1(CO)C[C@@H]2C=C[C@H]1[C@@H]2n1cnc2c(Cl)ncnc21. The van der Waals surface area contributed by atoms with E-state index in [4.69, 9.17) is 11.6 Å². The van der Waals surface area contributed by atoms with E-state index in [-0.39, 0.29) is 31.1 Å². The van der Waals surface area contributed by atoms with E-state index in [9.17, 15) is 10.2 Å². The summed E-state index contributed by atoms with van der Waals surface area (Å²) < 4.78 is 2.01. The molecule has 21 heavy (non-hydrogen) atoms. The molecule has 7 heteroatoms. The smallest absolute Gasteiger partial charge is 0.165 e. The van der Waals surface area contributed by atoms with Gasteiger partial charge in [-0.3, -0.25) is 0 Å². The molecular formula is C14H15ClN4O2. The first-order chi connectivity index (χ1) is 10.2. The molecule has 0 amide bonds. The Morgan fingerprint density at radius 2 is 2.05 bits per heavy atom. The summed E-state index contributed by atoms with van der Waals surface area (Å²) in [7, 11) is 0. The van der Waals surface area contributed by atoms with Crippen LogP contribution < -0.4 is 0 Å². The van der Waals surface area contributed by atoms with Crippen LogP contribution in [0.3, 0.4) is 0 Å². The maximum atomic E-state index is 9.75. The lowest BCUT2D eigenvalue weighted by atomic mass is 9.77. The van der Waals surface area contributed by atoms with Gasteiger partial charge in [0.15, 0.2) is 10.8 Å². The van der Waals surface area contributed by atoms with Crippen LogP contribution in [0.15, 0.2) is 24.8 Å². The minimum absolute atomic E-state index is 0.0200. The predicted octanol–water partition coefficient (Wildman–Crippen LogP) is 1.20. The third kappa shape index (κ3) is 1.64. The van der Waals surface area contributed by atoms with Gasteiger partial charge >= 0.3 is 0 Å². The van der Waals surface area contributed by atoms with Gasteiger partial charge < -0.3 is 14.8 Å². The summed E-state index contributed by atoms with van der Waals surface area (Å²) in [5, 5.41) is 19.8. The Labute approximate surface area is 126 Å². The summed E-state index contributed by atoms with van der Waals surface area (Å²) in [6.45, 7) is -0.0399. The lowest BCUT2D eigenvalue weighted by molar-refractivity contribution is 0.0290. The molecule has 3 atom stereocenters. The van der Waals surface area contributed by atoms with Crippen molar-refractivity contribution in [3.8, 4) is 0 Å². The standard InChI is InChI=1S/C14H15ClN4O2/c15-12-10-13(17-6-16-12)19(7-18-10)11-8-1-2-9(11)14(3-8,4-20)5-21/h1-2,6-9,11,20-21H,3-5H2/t8-,9-,11+/m0/s1. The van der Waals surface area contributed by atoms with Gasteiger partial charge in [-0.2, -0.15) is 0 Å². The van der Waals surface area contributed by atoms with Gasteiger partial charge in [-0.15, -0.1) is 0 Å². The van der Waals surface area contributed by atoms with Crippen LogP contribution in [0.1, 0.15) is 12.5 Å². The fourth-order valence-electron chi connectivity index (χ4n) is 3.93. The number of fused-ring (bicyclic) bond motifs is 3. The summed E-state index contributed by atoms with van der Waals surface area (Å²) in [5.74, 6) is 0.337. The minimum Gasteiger partial charge on any atom is -0.396 e. The van der Waals surface area contributed by atoms with E-state index < -0.39 is 5.41 Å². The molecule has 2 aromatic rings. The molecule has 1 saturated carbocycles. The summed E-state index contributed by atoms with van der Waals surface area (Å²) in [5.41, 5.74) is 0.826. The van der Waals surface area contributed by atoms with Crippen molar-refractivity contribution < 1.29 is 10.2 Å². The van der Waals surface area contributed by atoms with Crippen LogP contribution in [0.5, 0.6) is 0 Å². The van der Waals surface area contributed by atoms with Crippen molar-refractivity contribution in [1.82, 2.24) is 19.5 Å². The second-order valence-electron chi connectivity index (χ2n) is 5.94. The van der Waals surface area contributed by atoms with Gasteiger partial charge in [0.25, 0.3) is 0 Å². The number of hydrogen-bond donors (Lipinski definition) is 2. The topological polar surface area (TPSA) is 84.1 Å². The molecule has 2 aliphatic carbocycles. The molecule has 0 radical (unpaired) electrons. The van der Waals surface area contributed by atoms with E-state index in [0.29, 0.717) is 16.3 Å². The van der Waals surface area contributed by atoms with Gasteiger partial charge in [0.1, 0.15) is 11.8 Å². The number of aliphatic hydroxyl groups is 2. The van der Waals surface area contributed by atoms with E-state index in [1.807, 2.05) is 4.57 Å². The highest BCUT2D eigenvalue weighted by Crippen LogP contribution is 2.57. The Kier molecular flexibility index (Phi) is 2.82. The van der Waals surface area contributed by atoms with E-state index >= 15 is 0 Å². The molecule has 2 N–H and O–H groups in total. The summed E-state index contributed by atoms with van der Waals surface area (Å²) in [4.78, 5) is 12.6. The highest BCUT2D eigenvalue weighted by molar-refractivity contribution is 6.33. The van der Waals surface area contributed by atoms with Crippen LogP contribution in [0.25, 0.3) is 11.2 Å². The predicted molar refractivity (Wildman–Crippen MR) is 76.7 cm³/mol. The Balaban J connectivity index is 1.83. The maximum absolute atomic E-state index is 9.75. The number of allylic oxidation sites excluding steroid dienone is 2. The zero-order valence-electron chi connectivity index (χ0n) is 11.2. The number of halogens is 1. The third-order valence-corrected chi connectivity index (χ3v) is 5.26. The molecule has 0 aliphatic heterocycles. The summed E-state index contributed by atoms with van der Waals surface area (Å²) >= 11 is 6.05. The number of nitrogens with zero attached hydrogens (tertiary/aromatic N) is 4. The van der Waals surface area contributed by atoms with Crippen molar-refractivity contribution in [3.63, 3.8) is 0 Å². The maximum Gasteiger partial charge on any atom is 0.165 e. The zero-order valence-corrected chi connectivity index (χ0v) is 12.0. The molecule has 0 spiro atoms. The average Bonchev–Trinajstić information content (AvgIpc) is 3.17. The molecule has 0 aromatic carbocycles. The molecule has 1 fully saturated rings. The Morgan fingerprint density at radius 3 is 2.76 bits per heavy atom. The number of aliphatic hydroxyl groups excluding tert-OH is 2. The number of hydrogen-bond acceptors (Lipinski definition) is 5. The summed E-state index contributed by atoms with van der Waals surface area (Å²) in [6, 6.07) is 0.111. The van der Waals surface area contributed by atoms with Gasteiger partial charge in [0.2, 0.25) is 0 Å². The molecule has 2 heterocycles. The monoisotopic (exact) mass is 306 g/mol. The third-order valence-electron chi connectivity index (χ3n) is 4.99. The molecular weight excluding hydrogens is 292 g/mol. The van der Waals surface area contributed by atoms with Crippen LogP contribution >= 0.6 is 11.6 Å². The first kappa shape index (κ1) is 13.2. The molecule has 2 aromatic heterocycles. The lowest BCUT2D eigenvalue weighted by Gasteiger charge is -2.32. The molecule has 110 valence electrons. The van der Waals surface area contributed by atoms with Crippen molar-refractivity contribution in [1.29, 1.82) is 0 Å². The van der Waals surface area contributed by atoms with Crippen molar-refractivity contribution in [2.45, 2.75) is 12.5 Å². The van der Waals surface area contributed by atoms with Crippen molar-refractivity contribution >= 4 is 22.8 Å². The second-order valence-corrected chi connectivity index (χ2v) is 6.29. The van der Waals surface area contributed by atoms with Gasteiger partial charge in [0, 0.05) is 17.4 Å². The van der Waals surface area contributed by atoms with E-state index in [1.54, 1.807) is 6.33 Å². The van der Waals surface area contributed by atoms with Gasteiger partial charge in [-0.1, -0.05) is 23.8 Å². The number of rotatable bonds is 3.